The molecule has 0 aromatic heterocycles. The largest absolute Gasteiger partial charge is 0.319 e. The lowest BCUT2D eigenvalue weighted by Gasteiger charge is -2.18. The molecule has 0 aliphatic rings. The topological polar surface area (TPSA) is 12.0 Å². The molecule has 0 aliphatic heterocycles. The highest BCUT2D eigenvalue weighted by Gasteiger charge is 2.19. The molecule has 1 N–H and O–H groups in total. The van der Waals surface area contributed by atoms with E-state index in [4.69, 9.17) is 11.6 Å². The molecule has 112 valence electrons. The van der Waals surface area contributed by atoms with Crippen molar-refractivity contribution in [2.24, 2.45) is 0 Å². The van der Waals surface area contributed by atoms with Crippen molar-refractivity contribution in [3.05, 3.63) is 68.7 Å². The molecule has 2 rings (SSSR count). The first-order valence-electron chi connectivity index (χ1n) is 6.55. The summed E-state index contributed by atoms with van der Waals surface area (Å²) < 4.78 is 28.3. The molecular weight excluding hydrogens is 360 g/mol. The molecule has 0 amide bonds. The van der Waals surface area contributed by atoms with E-state index in [1.54, 1.807) is 12.1 Å². The first kappa shape index (κ1) is 16.4. The van der Waals surface area contributed by atoms with E-state index in [1.165, 1.54) is 12.1 Å². The zero-order chi connectivity index (χ0) is 15.4. The van der Waals surface area contributed by atoms with E-state index < -0.39 is 11.6 Å². The maximum atomic E-state index is 14.1. The molecule has 0 bridgehead atoms. The van der Waals surface area contributed by atoms with Gasteiger partial charge in [-0.05, 0) is 59.2 Å². The summed E-state index contributed by atoms with van der Waals surface area (Å²) in [6.45, 7) is 0.618. The van der Waals surface area contributed by atoms with Crippen LogP contribution < -0.4 is 5.32 Å². The molecule has 2 aromatic rings. The molecule has 0 radical (unpaired) electrons. The van der Waals surface area contributed by atoms with E-state index in [-0.39, 0.29) is 22.4 Å². The van der Waals surface area contributed by atoms with Gasteiger partial charge >= 0.3 is 0 Å². The minimum atomic E-state index is -0.537. The highest BCUT2D eigenvalue weighted by atomic mass is 79.9. The van der Waals surface area contributed by atoms with Gasteiger partial charge in [-0.3, -0.25) is 0 Å². The van der Waals surface area contributed by atoms with E-state index in [0.717, 1.165) is 5.56 Å². The summed E-state index contributed by atoms with van der Waals surface area (Å²) in [4.78, 5) is 0. The predicted octanol–water partition coefficient (Wildman–Crippen LogP) is 4.93. The zero-order valence-electron chi connectivity index (χ0n) is 11.5. The standard InChI is InChI=1S/C16H15BrClF2N/c1-21-9-11(10-2-4-12(18)5-3-10)8-13-15(19)7-6-14(17)16(13)20/h2-7,11,21H,8-9H2,1H3. The lowest BCUT2D eigenvalue weighted by molar-refractivity contribution is 0.526. The van der Waals surface area contributed by atoms with Gasteiger partial charge in [-0.15, -0.1) is 0 Å². The van der Waals surface area contributed by atoms with Crippen LogP contribution in [0.3, 0.4) is 0 Å². The van der Waals surface area contributed by atoms with Crippen LogP contribution in [0, 0.1) is 11.6 Å². The van der Waals surface area contributed by atoms with Crippen LogP contribution in [0.1, 0.15) is 17.0 Å². The molecule has 0 saturated heterocycles. The Morgan fingerprint density at radius 2 is 1.81 bits per heavy atom. The molecule has 21 heavy (non-hydrogen) atoms. The Morgan fingerprint density at radius 1 is 1.14 bits per heavy atom. The zero-order valence-corrected chi connectivity index (χ0v) is 13.8. The van der Waals surface area contributed by atoms with Crippen LogP contribution in [0.2, 0.25) is 5.02 Å². The maximum Gasteiger partial charge on any atom is 0.143 e. The second-order valence-corrected chi connectivity index (χ2v) is 6.12. The van der Waals surface area contributed by atoms with Crippen molar-refractivity contribution in [1.82, 2.24) is 5.32 Å². The molecule has 0 heterocycles. The van der Waals surface area contributed by atoms with Crippen LogP contribution in [0.5, 0.6) is 0 Å². The summed E-state index contributed by atoms with van der Waals surface area (Å²) in [6, 6.07) is 10.0. The minimum Gasteiger partial charge on any atom is -0.319 e. The summed E-state index contributed by atoms with van der Waals surface area (Å²) in [5, 5.41) is 3.71. The molecule has 1 nitrogen and oxygen atoms in total. The van der Waals surface area contributed by atoms with E-state index in [1.807, 2.05) is 19.2 Å². The van der Waals surface area contributed by atoms with Gasteiger partial charge in [-0.2, -0.15) is 0 Å². The van der Waals surface area contributed by atoms with Crippen LogP contribution >= 0.6 is 27.5 Å². The van der Waals surface area contributed by atoms with Crippen molar-refractivity contribution >= 4 is 27.5 Å². The summed E-state index contributed by atoms with van der Waals surface area (Å²) in [5.74, 6) is -1.10. The van der Waals surface area contributed by atoms with Crippen molar-refractivity contribution in [2.45, 2.75) is 12.3 Å². The van der Waals surface area contributed by atoms with Crippen LogP contribution in [0.25, 0.3) is 0 Å². The molecule has 5 heteroatoms. The normalized spacial score (nSPS) is 12.4. The summed E-state index contributed by atoms with van der Waals surface area (Å²) >= 11 is 8.98. The first-order valence-corrected chi connectivity index (χ1v) is 7.72. The van der Waals surface area contributed by atoms with Crippen molar-refractivity contribution in [1.29, 1.82) is 0 Å². The van der Waals surface area contributed by atoms with Crippen LogP contribution in [0.4, 0.5) is 8.78 Å². The third kappa shape index (κ3) is 4.02. The molecule has 0 spiro atoms. The predicted molar refractivity (Wildman–Crippen MR) is 85.9 cm³/mol. The van der Waals surface area contributed by atoms with Gasteiger partial charge < -0.3 is 5.32 Å². The van der Waals surface area contributed by atoms with Gasteiger partial charge in [-0.25, -0.2) is 8.78 Å². The molecular formula is C16H15BrClF2N. The third-order valence-corrected chi connectivity index (χ3v) is 4.25. The van der Waals surface area contributed by atoms with Gasteiger partial charge in [0.1, 0.15) is 11.6 Å². The second kappa shape index (κ2) is 7.34. The van der Waals surface area contributed by atoms with Crippen molar-refractivity contribution < 1.29 is 8.78 Å². The quantitative estimate of drug-likeness (QED) is 0.732. The molecule has 2 aromatic carbocycles. The summed E-state index contributed by atoms with van der Waals surface area (Å²) in [5.41, 5.74) is 1.09. The van der Waals surface area contributed by atoms with Crippen LogP contribution in [-0.4, -0.2) is 13.6 Å². The summed E-state index contributed by atoms with van der Waals surface area (Å²) in [7, 11) is 1.82. The monoisotopic (exact) mass is 373 g/mol. The Bertz CT molecular complexity index is 616. The van der Waals surface area contributed by atoms with E-state index >= 15 is 0 Å². The van der Waals surface area contributed by atoms with Crippen molar-refractivity contribution in [3.8, 4) is 0 Å². The van der Waals surface area contributed by atoms with Gasteiger partial charge in [0.15, 0.2) is 0 Å². The molecule has 1 unspecified atom stereocenters. The van der Waals surface area contributed by atoms with E-state index in [2.05, 4.69) is 21.2 Å². The first-order chi connectivity index (χ1) is 10.0. The fourth-order valence-electron chi connectivity index (χ4n) is 2.29. The van der Waals surface area contributed by atoms with Crippen molar-refractivity contribution in [3.63, 3.8) is 0 Å². The van der Waals surface area contributed by atoms with Gasteiger partial charge in [-0.1, -0.05) is 23.7 Å². The van der Waals surface area contributed by atoms with Gasteiger partial charge in [0.25, 0.3) is 0 Å². The maximum absolute atomic E-state index is 14.1. The minimum absolute atomic E-state index is 0.0365. The lowest BCUT2D eigenvalue weighted by atomic mass is 9.91. The Kier molecular flexibility index (Phi) is 5.73. The van der Waals surface area contributed by atoms with Gasteiger partial charge in [0.2, 0.25) is 0 Å². The number of benzene rings is 2. The fraction of sp³-hybridized carbons (Fsp3) is 0.250. The Labute approximate surface area is 136 Å². The average molecular weight is 375 g/mol. The van der Waals surface area contributed by atoms with Crippen LogP contribution in [0.15, 0.2) is 40.9 Å². The number of hydrogen-bond donors (Lipinski definition) is 1. The second-order valence-electron chi connectivity index (χ2n) is 4.83. The average Bonchev–Trinajstić information content (AvgIpc) is 2.47. The lowest BCUT2D eigenvalue weighted by Crippen LogP contribution is -2.20. The van der Waals surface area contributed by atoms with Crippen LogP contribution in [-0.2, 0) is 6.42 Å². The van der Waals surface area contributed by atoms with E-state index in [0.29, 0.717) is 11.6 Å². The Morgan fingerprint density at radius 3 is 2.43 bits per heavy atom. The molecule has 0 fully saturated rings. The smallest absolute Gasteiger partial charge is 0.143 e. The molecule has 0 aliphatic carbocycles. The third-order valence-electron chi connectivity index (χ3n) is 3.38. The van der Waals surface area contributed by atoms with Gasteiger partial charge in [0, 0.05) is 23.0 Å². The number of nitrogens with one attached hydrogen (secondary N) is 1. The summed E-state index contributed by atoms with van der Waals surface area (Å²) in [6.07, 6.45) is 0.277. The van der Waals surface area contributed by atoms with Gasteiger partial charge in [0.05, 0.1) is 4.47 Å². The van der Waals surface area contributed by atoms with E-state index in [9.17, 15) is 8.78 Å². The highest BCUT2D eigenvalue weighted by molar-refractivity contribution is 9.10. The molecule has 0 saturated carbocycles. The molecule has 1 atom stereocenters. The SMILES string of the molecule is CNCC(Cc1c(F)ccc(Br)c1F)c1ccc(Cl)cc1. The number of likely N-dealkylation sites (N-methyl/N-ethyl adjacent to an activating group) is 1. The number of rotatable bonds is 5. The number of halogens is 4. The highest BCUT2D eigenvalue weighted by Crippen LogP contribution is 2.28. The Balaban J connectivity index is 2.32. The van der Waals surface area contributed by atoms with Crippen molar-refractivity contribution in [2.75, 3.05) is 13.6 Å². The number of hydrogen-bond acceptors (Lipinski definition) is 1. The Hall–Kier alpha value is -0.970. The fourth-order valence-corrected chi connectivity index (χ4v) is 2.79.